The molecule has 1 nitrogen and oxygen atoms in total. The van der Waals surface area contributed by atoms with Gasteiger partial charge in [-0.1, -0.05) is 0 Å². The van der Waals surface area contributed by atoms with Crippen molar-refractivity contribution in [3.63, 3.8) is 0 Å². The van der Waals surface area contributed by atoms with Crippen LogP contribution in [0.4, 0.5) is 18.9 Å². The summed E-state index contributed by atoms with van der Waals surface area (Å²) in [5.41, 5.74) is 0.0355. The average Bonchev–Trinajstić information content (AvgIpc) is 2.97. The summed E-state index contributed by atoms with van der Waals surface area (Å²) in [7, 11) is 0. The minimum Gasteiger partial charge on any atom is -0.380 e. The minimum atomic E-state index is -1.16. The predicted molar refractivity (Wildman–Crippen MR) is 52.1 cm³/mol. The Morgan fingerprint density at radius 1 is 1.13 bits per heavy atom. The topological polar surface area (TPSA) is 12.0 Å². The van der Waals surface area contributed by atoms with Crippen LogP contribution in [-0.2, 0) is 0 Å². The first-order chi connectivity index (χ1) is 7.08. The molecule has 4 heteroatoms. The van der Waals surface area contributed by atoms with E-state index in [1.54, 1.807) is 0 Å². The quantitative estimate of drug-likeness (QED) is 0.763. The Bertz CT molecular complexity index is 374. The highest BCUT2D eigenvalue weighted by Gasteiger charge is 2.28. The Labute approximate surface area is 86.3 Å². The maximum Gasteiger partial charge on any atom is 0.161 e. The zero-order valence-electron chi connectivity index (χ0n) is 8.36. The van der Waals surface area contributed by atoms with Crippen molar-refractivity contribution in [2.24, 2.45) is 5.92 Å². The van der Waals surface area contributed by atoms with Crippen molar-refractivity contribution < 1.29 is 13.2 Å². The Morgan fingerprint density at radius 2 is 1.73 bits per heavy atom. The predicted octanol–water partition coefficient (Wildman–Crippen LogP) is 3.31. The van der Waals surface area contributed by atoms with Crippen LogP contribution >= 0.6 is 0 Å². The fraction of sp³-hybridized carbons (Fsp3) is 0.455. The standard InChI is InChI=1S/C11H12F3N/c1-6(7-2-3-7)15-11-5-9(13)8(12)4-10(11)14/h4-7,15H,2-3H2,1H3. The second-order valence-electron chi connectivity index (χ2n) is 4.02. The Balaban J connectivity index is 2.16. The summed E-state index contributed by atoms with van der Waals surface area (Å²) in [5.74, 6) is -2.40. The average molecular weight is 215 g/mol. The van der Waals surface area contributed by atoms with Gasteiger partial charge in [-0.25, -0.2) is 13.2 Å². The largest absolute Gasteiger partial charge is 0.380 e. The van der Waals surface area contributed by atoms with E-state index in [1.807, 2.05) is 6.92 Å². The lowest BCUT2D eigenvalue weighted by Gasteiger charge is -2.15. The zero-order chi connectivity index (χ0) is 11.0. The molecular formula is C11H12F3N. The van der Waals surface area contributed by atoms with Crippen molar-refractivity contribution in [3.8, 4) is 0 Å². The number of hydrogen-bond donors (Lipinski definition) is 1. The van der Waals surface area contributed by atoms with Crippen LogP contribution in [0.15, 0.2) is 12.1 Å². The molecule has 0 saturated heterocycles. The molecule has 2 rings (SSSR count). The molecule has 0 aliphatic heterocycles. The number of anilines is 1. The SMILES string of the molecule is CC(Nc1cc(F)c(F)cc1F)C1CC1. The van der Waals surface area contributed by atoms with Crippen molar-refractivity contribution in [1.29, 1.82) is 0 Å². The van der Waals surface area contributed by atoms with Crippen LogP contribution in [-0.4, -0.2) is 6.04 Å². The maximum absolute atomic E-state index is 13.2. The molecule has 15 heavy (non-hydrogen) atoms. The minimum absolute atomic E-state index is 0.0355. The molecule has 1 N–H and O–H groups in total. The van der Waals surface area contributed by atoms with Crippen LogP contribution in [0.5, 0.6) is 0 Å². The summed E-state index contributed by atoms with van der Waals surface area (Å²) in [4.78, 5) is 0. The van der Waals surface area contributed by atoms with E-state index < -0.39 is 17.5 Å². The lowest BCUT2D eigenvalue weighted by atomic mass is 10.2. The molecule has 0 radical (unpaired) electrons. The summed E-state index contributed by atoms with van der Waals surface area (Å²) in [6.07, 6.45) is 2.22. The van der Waals surface area contributed by atoms with Gasteiger partial charge in [0.15, 0.2) is 11.6 Å². The smallest absolute Gasteiger partial charge is 0.161 e. The lowest BCUT2D eigenvalue weighted by molar-refractivity contribution is 0.495. The first-order valence-corrected chi connectivity index (χ1v) is 4.99. The third kappa shape index (κ3) is 2.25. The fourth-order valence-corrected chi connectivity index (χ4v) is 1.59. The van der Waals surface area contributed by atoms with E-state index in [1.165, 1.54) is 0 Å². The van der Waals surface area contributed by atoms with Crippen molar-refractivity contribution in [2.75, 3.05) is 5.32 Å². The normalized spacial score (nSPS) is 17.6. The van der Waals surface area contributed by atoms with Crippen molar-refractivity contribution >= 4 is 5.69 Å². The first-order valence-electron chi connectivity index (χ1n) is 4.99. The molecule has 1 unspecified atom stereocenters. The van der Waals surface area contributed by atoms with Gasteiger partial charge in [0.2, 0.25) is 0 Å². The van der Waals surface area contributed by atoms with E-state index in [0.717, 1.165) is 18.9 Å². The van der Waals surface area contributed by atoms with E-state index in [-0.39, 0.29) is 11.7 Å². The maximum atomic E-state index is 13.2. The van der Waals surface area contributed by atoms with Gasteiger partial charge in [0.25, 0.3) is 0 Å². The molecule has 82 valence electrons. The van der Waals surface area contributed by atoms with Crippen LogP contribution in [0.1, 0.15) is 19.8 Å². The van der Waals surface area contributed by atoms with E-state index in [2.05, 4.69) is 5.32 Å². The number of hydrogen-bond acceptors (Lipinski definition) is 1. The molecule has 0 bridgehead atoms. The van der Waals surface area contributed by atoms with Gasteiger partial charge in [-0.15, -0.1) is 0 Å². The molecule has 0 spiro atoms. The molecule has 1 aromatic carbocycles. The summed E-state index contributed by atoms with van der Waals surface area (Å²) in [6.45, 7) is 1.92. The molecule has 1 aromatic rings. The molecule has 1 aliphatic carbocycles. The Morgan fingerprint density at radius 3 is 2.33 bits per heavy atom. The molecule has 1 saturated carbocycles. The van der Waals surface area contributed by atoms with Gasteiger partial charge in [-0.05, 0) is 25.7 Å². The zero-order valence-corrected chi connectivity index (χ0v) is 8.36. The molecule has 0 heterocycles. The van der Waals surface area contributed by atoms with Crippen LogP contribution in [0.3, 0.4) is 0 Å². The van der Waals surface area contributed by atoms with Gasteiger partial charge in [0.1, 0.15) is 5.82 Å². The molecule has 1 atom stereocenters. The fourth-order valence-electron chi connectivity index (χ4n) is 1.59. The van der Waals surface area contributed by atoms with Gasteiger partial charge < -0.3 is 5.32 Å². The van der Waals surface area contributed by atoms with Crippen molar-refractivity contribution in [2.45, 2.75) is 25.8 Å². The van der Waals surface area contributed by atoms with Crippen LogP contribution in [0.2, 0.25) is 0 Å². The number of benzene rings is 1. The van der Waals surface area contributed by atoms with E-state index in [0.29, 0.717) is 12.0 Å². The molecule has 1 fully saturated rings. The summed E-state index contributed by atoms with van der Waals surface area (Å²) in [5, 5.41) is 2.86. The highest BCUT2D eigenvalue weighted by molar-refractivity contribution is 5.46. The van der Waals surface area contributed by atoms with Gasteiger partial charge in [-0.2, -0.15) is 0 Å². The lowest BCUT2D eigenvalue weighted by Crippen LogP contribution is -2.18. The Hall–Kier alpha value is -1.19. The van der Waals surface area contributed by atoms with Gasteiger partial charge >= 0.3 is 0 Å². The second kappa shape index (κ2) is 3.76. The number of halogens is 3. The van der Waals surface area contributed by atoms with E-state index in [4.69, 9.17) is 0 Å². The highest BCUT2D eigenvalue weighted by atomic mass is 19.2. The number of nitrogens with one attached hydrogen (secondary N) is 1. The van der Waals surface area contributed by atoms with E-state index in [9.17, 15) is 13.2 Å². The van der Waals surface area contributed by atoms with Crippen molar-refractivity contribution in [3.05, 3.63) is 29.6 Å². The second-order valence-corrected chi connectivity index (χ2v) is 4.02. The van der Waals surface area contributed by atoms with E-state index >= 15 is 0 Å². The molecule has 1 aliphatic rings. The highest BCUT2D eigenvalue weighted by Crippen LogP contribution is 2.34. The van der Waals surface area contributed by atoms with Gasteiger partial charge in [-0.3, -0.25) is 0 Å². The summed E-state index contributed by atoms with van der Waals surface area (Å²) < 4.78 is 38.7. The Kier molecular flexibility index (Phi) is 2.59. The molecular weight excluding hydrogens is 203 g/mol. The monoisotopic (exact) mass is 215 g/mol. The summed E-state index contributed by atoms with van der Waals surface area (Å²) >= 11 is 0. The van der Waals surface area contributed by atoms with Crippen LogP contribution < -0.4 is 5.32 Å². The summed E-state index contributed by atoms with van der Waals surface area (Å²) in [6, 6.07) is 1.53. The third-order valence-corrected chi connectivity index (χ3v) is 2.72. The molecule has 0 aromatic heterocycles. The molecule has 0 amide bonds. The van der Waals surface area contributed by atoms with Gasteiger partial charge in [0.05, 0.1) is 5.69 Å². The van der Waals surface area contributed by atoms with Crippen molar-refractivity contribution in [1.82, 2.24) is 0 Å². The third-order valence-electron chi connectivity index (χ3n) is 2.72. The van der Waals surface area contributed by atoms with Gasteiger partial charge in [0, 0.05) is 18.2 Å². The number of rotatable bonds is 3. The van der Waals surface area contributed by atoms with Crippen LogP contribution in [0, 0.1) is 23.4 Å². The first kappa shape index (κ1) is 10.3. The van der Waals surface area contributed by atoms with Crippen LogP contribution in [0.25, 0.3) is 0 Å².